The maximum atomic E-state index is 12.2. The highest BCUT2D eigenvalue weighted by molar-refractivity contribution is 6.03. The van der Waals surface area contributed by atoms with Gasteiger partial charge in [-0.2, -0.15) is 0 Å². The first-order valence-electron chi connectivity index (χ1n) is 8.08. The van der Waals surface area contributed by atoms with Crippen LogP contribution in [0.25, 0.3) is 0 Å². The van der Waals surface area contributed by atoms with Gasteiger partial charge in [-0.05, 0) is 51.1 Å². The zero-order chi connectivity index (χ0) is 18.9. The maximum Gasteiger partial charge on any atom is 0.323 e. The van der Waals surface area contributed by atoms with Crippen molar-refractivity contribution in [1.29, 1.82) is 0 Å². The van der Waals surface area contributed by atoms with Gasteiger partial charge >= 0.3 is 6.03 Å². The van der Waals surface area contributed by atoms with Crippen molar-refractivity contribution >= 4 is 34.8 Å². The number of benzene rings is 2. The molecule has 7 heteroatoms. The maximum absolute atomic E-state index is 12.2. The fourth-order valence-electron chi connectivity index (χ4n) is 2.50. The Balaban J connectivity index is 1.71. The molecule has 0 saturated heterocycles. The Bertz CT molecular complexity index is 905. The summed E-state index contributed by atoms with van der Waals surface area (Å²) in [4.78, 5) is 35.6. The number of hydrogen-bond donors (Lipinski definition) is 3. The zero-order valence-electron chi connectivity index (χ0n) is 14.7. The molecule has 0 aromatic heterocycles. The smallest absolute Gasteiger partial charge is 0.323 e. The first kappa shape index (κ1) is 17.5. The molecule has 0 unspecified atom stereocenters. The Morgan fingerprint density at radius 1 is 1.04 bits per heavy atom. The second kappa shape index (κ2) is 6.51. The van der Waals surface area contributed by atoms with E-state index in [1.54, 1.807) is 56.3 Å². The molecule has 0 fully saturated rings. The summed E-state index contributed by atoms with van der Waals surface area (Å²) in [5, 5.41) is 8.11. The lowest BCUT2D eigenvalue weighted by Crippen LogP contribution is -2.45. The van der Waals surface area contributed by atoms with Gasteiger partial charge in [0, 0.05) is 16.9 Å². The summed E-state index contributed by atoms with van der Waals surface area (Å²) in [7, 11) is 0. The van der Waals surface area contributed by atoms with Gasteiger partial charge < -0.3 is 20.7 Å². The lowest BCUT2D eigenvalue weighted by molar-refractivity contribution is -0.129. The van der Waals surface area contributed by atoms with Crippen LogP contribution in [0, 0.1) is 0 Å². The monoisotopic (exact) mass is 353 g/mol. The van der Waals surface area contributed by atoms with E-state index in [4.69, 9.17) is 4.74 Å². The number of amides is 3. The highest BCUT2D eigenvalue weighted by Crippen LogP contribution is 2.35. The summed E-state index contributed by atoms with van der Waals surface area (Å²) in [6.07, 6.45) is 0. The number of anilines is 3. The van der Waals surface area contributed by atoms with Crippen molar-refractivity contribution in [3.8, 4) is 5.75 Å². The number of carbonyl (C=O) groups is 3. The summed E-state index contributed by atoms with van der Waals surface area (Å²) in [5.74, 6) is 0.199. The van der Waals surface area contributed by atoms with Crippen LogP contribution in [-0.2, 0) is 4.79 Å². The van der Waals surface area contributed by atoms with Gasteiger partial charge in [0.15, 0.2) is 11.4 Å². The fraction of sp³-hybridized carbons (Fsp3) is 0.211. The van der Waals surface area contributed by atoms with Crippen molar-refractivity contribution in [1.82, 2.24) is 0 Å². The molecule has 0 spiro atoms. The van der Waals surface area contributed by atoms with E-state index >= 15 is 0 Å². The van der Waals surface area contributed by atoms with Crippen LogP contribution in [0.4, 0.5) is 21.9 Å². The molecule has 3 amide bonds. The van der Waals surface area contributed by atoms with Crippen molar-refractivity contribution in [2.45, 2.75) is 26.4 Å². The second-order valence-electron chi connectivity index (χ2n) is 6.49. The molecule has 26 heavy (non-hydrogen) atoms. The predicted octanol–water partition coefficient (Wildman–Crippen LogP) is 3.64. The summed E-state index contributed by atoms with van der Waals surface area (Å²) in [6.45, 7) is 4.82. The van der Waals surface area contributed by atoms with Crippen molar-refractivity contribution in [3.05, 3.63) is 48.0 Å². The van der Waals surface area contributed by atoms with Crippen molar-refractivity contribution < 1.29 is 19.1 Å². The summed E-state index contributed by atoms with van der Waals surface area (Å²) in [5.41, 5.74) is 1.06. The molecule has 0 atom stereocenters. The van der Waals surface area contributed by atoms with Gasteiger partial charge in [-0.15, -0.1) is 0 Å². The Hall–Kier alpha value is -3.35. The number of rotatable bonds is 3. The number of ketones is 1. The average Bonchev–Trinajstić information content (AvgIpc) is 2.56. The van der Waals surface area contributed by atoms with Crippen LogP contribution in [0.15, 0.2) is 42.5 Å². The minimum atomic E-state index is -0.943. The number of Topliss-reactive ketones (excluding diaryl/α,β-unsaturated/α-hetero) is 1. The molecule has 134 valence electrons. The van der Waals surface area contributed by atoms with Crippen molar-refractivity contribution in [2.24, 2.45) is 0 Å². The summed E-state index contributed by atoms with van der Waals surface area (Å²) >= 11 is 0. The third kappa shape index (κ3) is 3.66. The zero-order valence-corrected chi connectivity index (χ0v) is 14.7. The van der Waals surface area contributed by atoms with E-state index in [-0.39, 0.29) is 11.7 Å². The van der Waals surface area contributed by atoms with Crippen molar-refractivity contribution in [3.63, 3.8) is 0 Å². The van der Waals surface area contributed by atoms with E-state index in [1.165, 1.54) is 6.92 Å². The van der Waals surface area contributed by atoms with Crippen LogP contribution < -0.4 is 20.7 Å². The molecule has 2 aromatic rings. The minimum Gasteiger partial charge on any atom is -0.476 e. The summed E-state index contributed by atoms with van der Waals surface area (Å²) in [6, 6.07) is 11.2. The molecule has 0 saturated carbocycles. The molecule has 1 aliphatic rings. The lowest BCUT2D eigenvalue weighted by Gasteiger charge is -2.31. The molecular weight excluding hydrogens is 334 g/mol. The number of ether oxygens (including phenoxy) is 1. The predicted molar refractivity (Wildman–Crippen MR) is 98.9 cm³/mol. The second-order valence-corrected chi connectivity index (χ2v) is 6.49. The van der Waals surface area contributed by atoms with Gasteiger partial charge in [-0.1, -0.05) is 12.1 Å². The fourth-order valence-corrected chi connectivity index (χ4v) is 2.50. The lowest BCUT2D eigenvalue weighted by atomic mass is 10.1. The van der Waals surface area contributed by atoms with Crippen LogP contribution in [0.3, 0.4) is 0 Å². The molecule has 0 radical (unpaired) electrons. The minimum absolute atomic E-state index is 0.0811. The van der Waals surface area contributed by atoms with E-state index in [9.17, 15) is 14.4 Å². The number of fused-ring (bicyclic) bond motifs is 1. The molecule has 0 bridgehead atoms. The Morgan fingerprint density at radius 2 is 1.73 bits per heavy atom. The molecular formula is C19H19N3O4. The van der Waals surface area contributed by atoms with E-state index in [1.807, 2.05) is 0 Å². The van der Waals surface area contributed by atoms with E-state index in [2.05, 4.69) is 16.0 Å². The molecule has 1 aliphatic heterocycles. The number of urea groups is 1. The van der Waals surface area contributed by atoms with Gasteiger partial charge in [0.2, 0.25) is 0 Å². The van der Waals surface area contributed by atoms with Crippen LogP contribution >= 0.6 is 0 Å². The van der Waals surface area contributed by atoms with Gasteiger partial charge in [-0.3, -0.25) is 9.59 Å². The normalized spacial score (nSPS) is 14.5. The van der Waals surface area contributed by atoms with Crippen LogP contribution in [0.1, 0.15) is 31.1 Å². The van der Waals surface area contributed by atoms with Gasteiger partial charge in [0.25, 0.3) is 5.91 Å². The topological polar surface area (TPSA) is 96.5 Å². The largest absolute Gasteiger partial charge is 0.476 e. The molecule has 3 N–H and O–H groups in total. The Labute approximate surface area is 150 Å². The third-order valence-electron chi connectivity index (χ3n) is 3.92. The molecule has 2 aromatic carbocycles. The van der Waals surface area contributed by atoms with E-state index in [0.717, 1.165) is 0 Å². The first-order valence-corrected chi connectivity index (χ1v) is 8.08. The SMILES string of the molecule is CC(=O)c1cccc(NC(=O)Nc2ccc3c(c2)NC(=O)C(C)(C)O3)c1. The highest BCUT2D eigenvalue weighted by Gasteiger charge is 2.35. The highest BCUT2D eigenvalue weighted by atomic mass is 16.5. The number of carbonyl (C=O) groups excluding carboxylic acids is 3. The number of nitrogens with one attached hydrogen (secondary N) is 3. The molecule has 0 aliphatic carbocycles. The molecule has 7 nitrogen and oxygen atoms in total. The van der Waals surface area contributed by atoms with Crippen LogP contribution in [-0.4, -0.2) is 23.3 Å². The average molecular weight is 353 g/mol. The quantitative estimate of drug-likeness (QED) is 0.734. The molecule has 1 heterocycles. The Kier molecular flexibility index (Phi) is 4.38. The Morgan fingerprint density at radius 3 is 2.42 bits per heavy atom. The van der Waals surface area contributed by atoms with Gasteiger partial charge in [-0.25, -0.2) is 4.79 Å². The standard InChI is InChI=1S/C19H19N3O4/c1-11(23)12-5-4-6-13(9-12)20-18(25)21-14-7-8-16-15(10-14)22-17(24)19(2,3)26-16/h4-10H,1-3H3,(H,22,24)(H2,20,21,25). The first-order chi connectivity index (χ1) is 12.2. The summed E-state index contributed by atoms with van der Waals surface area (Å²) < 4.78 is 5.65. The third-order valence-corrected chi connectivity index (χ3v) is 3.92. The molecule has 3 rings (SSSR count). The van der Waals surface area contributed by atoms with Crippen LogP contribution in [0.5, 0.6) is 5.75 Å². The van der Waals surface area contributed by atoms with Crippen molar-refractivity contribution in [2.75, 3.05) is 16.0 Å². The van der Waals surface area contributed by atoms with Crippen LogP contribution in [0.2, 0.25) is 0 Å². The van der Waals surface area contributed by atoms with Gasteiger partial charge in [0.1, 0.15) is 5.75 Å². The van der Waals surface area contributed by atoms with Gasteiger partial charge in [0.05, 0.1) is 5.69 Å². The van der Waals surface area contributed by atoms with E-state index < -0.39 is 11.6 Å². The number of hydrogen-bond acceptors (Lipinski definition) is 4. The van der Waals surface area contributed by atoms with E-state index in [0.29, 0.717) is 28.4 Å².